The highest BCUT2D eigenvalue weighted by Crippen LogP contribution is 2.29. The fourth-order valence-electron chi connectivity index (χ4n) is 1.39. The predicted molar refractivity (Wildman–Crippen MR) is 45.6 cm³/mol. The van der Waals surface area contributed by atoms with Crippen LogP contribution < -0.4 is 5.73 Å². The molecule has 0 unspecified atom stereocenters. The zero-order chi connectivity index (χ0) is 8.39. The number of rotatable bonds is 5. The summed E-state index contributed by atoms with van der Waals surface area (Å²) in [6.45, 7) is 1.35. The first kappa shape index (κ1) is 8.48. The molecule has 2 N–H and O–H groups in total. The monoisotopic (exact) mass is 171 g/mol. The molecule has 0 aromatic rings. The van der Waals surface area contributed by atoms with Crippen molar-refractivity contribution in [1.82, 2.24) is 0 Å². The Labute approximate surface area is 73.2 Å². The van der Waals surface area contributed by atoms with Crippen LogP contribution in [0.2, 0.25) is 0 Å². The molecular formula is C9H17NO2. The summed E-state index contributed by atoms with van der Waals surface area (Å²) >= 11 is 0. The molecule has 0 amide bonds. The van der Waals surface area contributed by atoms with Gasteiger partial charge in [-0.05, 0) is 31.6 Å². The second-order valence-electron chi connectivity index (χ2n) is 3.95. The molecule has 0 bridgehead atoms. The summed E-state index contributed by atoms with van der Waals surface area (Å²) in [5.74, 6) is 0.831. The maximum atomic E-state index is 5.61. The van der Waals surface area contributed by atoms with Gasteiger partial charge in [0.1, 0.15) is 6.79 Å². The summed E-state index contributed by atoms with van der Waals surface area (Å²) in [4.78, 5) is 0. The fourth-order valence-corrected chi connectivity index (χ4v) is 1.39. The SMILES string of the molecule is NC1CC(OCOCC2CC2)C1. The molecule has 2 aliphatic rings. The second kappa shape index (κ2) is 3.73. The van der Waals surface area contributed by atoms with Crippen molar-refractivity contribution in [2.45, 2.75) is 37.8 Å². The third kappa shape index (κ3) is 2.44. The maximum Gasteiger partial charge on any atom is 0.147 e. The molecule has 70 valence electrons. The van der Waals surface area contributed by atoms with Crippen molar-refractivity contribution in [3.05, 3.63) is 0 Å². The Kier molecular flexibility index (Phi) is 2.63. The van der Waals surface area contributed by atoms with Crippen molar-refractivity contribution in [3.63, 3.8) is 0 Å². The highest BCUT2D eigenvalue weighted by Gasteiger charge is 2.27. The first-order valence-corrected chi connectivity index (χ1v) is 4.79. The van der Waals surface area contributed by atoms with Crippen LogP contribution in [0.3, 0.4) is 0 Å². The van der Waals surface area contributed by atoms with Crippen molar-refractivity contribution in [1.29, 1.82) is 0 Å². The van der Waals surface area contributed by atoms with E-state index in [1.165, 1.54) is 12.8 Å². The fraction of sp³-hybridized carbons (Fsp3) is 1.00. The van der Waals surface area contributed by atoms with Gasteiger partial charge in [-0.2, -0.15) is 0 Å². The smallest absolute Gasteiger partial charge is 0.147 e. The van der Waals surface area contributed by atoms with Crippen molar-refractivity contribution in [2.75, 3.05) is 13.4 Å². The molecule has 12 heavy (non-hydrogen) atoms. The zero-order valence-corrected chi connectivity index (χ0v) is 7.37. The lowest BCUT2D eigenvalue weighted by Crippen LogP contribution is -2.41. The van der Waals surface area contributed by atoms with Crippen LogP contribution in [0.5, 0.6) is 0 Å². The molecule has 0 aromatic carbocycles. The van der Waals surface area contributed by atoms with E-state index in [1.807, 2.05) is 0 Å². The van der Waals surface area contributed by atoms with Gasteiger partial charge >= 0.3 is 0 Å². The lowest BCUT2D eigenvalue weighted by atomic mass is 9.90. The van der Waals surface area contributed by atoms with Gasteiger partial charge in [-0.3, -0.25) is 0 Å². The van der Waals surface area contributed by atoms with Gasteiger partial charge in [0, 0.05) is 6.04 Å². The van der Waals surface area contributed by atoms with Crippen LogP contribution in [0.1, 0.15) is 25.7 Å². The Morgan fingerprint density at radius 3 is 2.58 bits per heavy atom. The Morgan fingerprint density at radius 1 is 1.25 bits per heavy atom. The van der Waals surface area contributed by atoms with Gasteiger partial charge in [0.2, 0.25) is 0 Å². The lowest BCUT2D eigenvalue weighted by molar-refractivity contribution is -0.117. The molecule has 3 heteroatoms. The Bertz CT molecular complexity index is 141. The molecule has 0 spiro atoms. The van der Waals surface area contributed by atoms with Crippen LogP contribution in [0.25, 0.3) is 0 Å². The normalized spacial score (nSPS) is 34.8. The molecule has 0 heterocycles. The second-order valence-corrected chi connectivity index (χ2v) is 3.95. The molecule has 0 aromatic heterocycles. The van der Waals surface area contributed by atoms with Gasteiger partial charge in [0.25, 0.3) is 0 Å². The van der Waals surface area contributed by atoms with E-state index < -0.39 is 0 Å². The van der Waals surface area contributed by atoms with Crippen LogP contribution in [0.4, 0.5) is 0 Å². The zero-order valence-electron chi connectivity index (χ0n) is 7.37. The van der Waals surface area contributed by atoms with Crippen LogP contribution in [-0.4, -0.2) is 25.5 Å². The minimum absolute atomic E-state index is 0.374. The highest BCUT2D eigenvalue weighted by molar-refractivity contribution is 4.82. The highest BCUT2D eigenvalue weighted by atomic mass is 16.7. The summed E-state index contributed by atoms with van der Waals surface area (Å²) in [6.07, 6.45) is 5.07. The Balaban J connectivity index is 1.41. The third-order valence-corrected chi connectivity index (χ3v) is 2.57. The summed E-state index contributed by atoms with van der Waals surface area (Å²) < 4.78 is 10.8. The van der Waals surface area contributed by atoms with E-state index in [9.17, 15) is 0 Å². The van der Waals surface area contributed by atoms with Gasteiger partial charge in [-0.25, -0.2) is 0 Å². The minimum Gasteiger partial charge on any atom is -0.355 e. The van der Waals surface area contributed by atoms with E-state index in [2.05, 4.69) is 0 Å². The quantitative estimate of drug-likeness (QED) is 0.493. The van der Waals surface area contributed by atoms with Crippen LogP contribution in [0.15, 0.2) is 0 Å². The van der Waals surface area contributed by atoms with Crippen molar-refractivity contribution < 1.29 is 9.47 Å². The van der Waals surface area contributed by atoms with Crippen molar-refractivity contribution in [3.8, 4) is 0 Å². The molecule has 0 atom stereocenters. The Hall–Kier alpha value is -0.120. The summed E-state index contributed by atoms with van der Waals surface area (Å²) in [6, 6.07) is 0.374. The molecule has 0 saturated heterocycles. The van der Waals surface area contributed by atoms with Crippen molar-refractivity contribution in [2.24, 2.45) is 11.7 Å². The molecule has 2 saturated carbocycles. The molecular weight excluding hydrogens is 154 g/mol. The van der Waals surface area contributed by atoms with E-state index >= 15 is 0 Å². The van der Waals surface area contributed by atoms with Gasteiger partial charge in [-0.15, -0.1) is 0 Å². The maximum absolute atomic E-state index is 5.61. The van der Waals surface area contributed by atoms with E-state index in [1.54, 1.807) is 0 Å². The average molecular weight is 171 g/mol. The summed E-state index contributed by atoms with van der Waals surface area (Å²) in [7, 11) is 0. The van der Waals surface area contributed by atoms with Gasteiger partial charge in [0.05, 0.1) is 12.7 Å². The summed E-state index contributed by atoms with van der Waals surface area (Å²) in [5, 5.41) is 0. The standard InChI is InChI=1S/C9H17NO2/c10-8-3-9(4-8)12-6-11-5-7-1-2-7/h7-9H,1-6,10H2. The number of hydrogen-bond acceptors (Lipinski definition) is 3. The van der Waals surface area contributed by atoms with Crippen LogP contribution >= 0.6 is 0 Å². The Morgan fingerprint density at radius 2 is 2.00 bits per heavy atom. The number of ether oxygens (including phenoxy) is 2. The topological polar surface area (TPSA) is 44.5 Å². The van der Waals surface area contributed by atoms with E-state index in [0.717, 1.165) is 25.4 Å². The molecule has 2 aliphatic carbocycles. The third-order valence-electron chi connectivity index (χ3n) is 2.57. The van der Waals surface area contributed by atoms with Crippen LogP contribution in [-0.2, 0) is 9.47 Å². The van der Waals surface area contributed by atoms with Crippen molar-refractivity contribution >= 4 is 0 Å². The molecule has 2 fully saturated rings. The predicted octanol–water partition coefficient (Wildman–Crippen LogP) is 0.877. The van der Waals surface area contributed by atoms with Gasteiger partial charge in [0.15, 0.2) is 0 Å². The largest absolute Gasteiger partial charge is 0.355 e. The molecule has 2 rings (SSSR count). The lowest BCUT2D eigenvalue weighted by Gasteiger charge is -2.31. The molecule has 3 nitrogen and oxygen atoms in total. The number of hydrogen-bond donors (Lipinski definition) is 1. The first-order chi connectivity index (χ1) is 5.84. The van der Waals surface area contributed by atoms with Gasteiger partial charge < -0.3 is 15.2 Å². The molecule has 0 radical (unpaired) electrons. The van der Waals surface area contributed by atoms with E-state index in [4.69, 9.17) is 15.2 Å². The van der Waals surface area contributed by atoms with Gasteiger partial charge in [-0.1, -0.05) is 0 Å². The molecule has 0 aliphatic heterocycles. The first-order valence-electron chi connectivity index (χ1n) is 4.79. The van der Waals surface area contributed by atoms with E-state index in [-0.39, 0.29) is 0 Å². The number of nitrogens with two attached hydrogens (primary N) is 1. The summed E-state index contributed by atoms with van der Waals surface area (Å²) in [5.41, 5.74) is 5.61. The van der Waals surface area contributed by atoms with E-state index in [0.29, 0.717) is 18.9 Å². The van der Waals surface area contributed by atoms with Crippen LogP contribution in [0, 0.1) is 5.92 Å². The minimum atomic E-state index is 0.374. The average Bonchev–Trinajstić information content (AvgIpc) is 2.77.